The fourth-order valence-corrected chi connectivity index (χ4v) is 2.14. The standard InChI is InChI=1S/C16H24FN3O2/c1-12(19(2)3)8-9-18-16(21)20-10-15(11-20)22-14-6-4-13(17)5-7-14/h4-7,12,15H,8-11H2,1-3H3,(H,18,21). The molecule has 1 aromatic rings. The highest BCUT2D eigenvalue weighted by atomic mass is 19.1. The molecule has 22 heavy (non-hydrogen) atoms. The van der Waals surface area contributed by atoms with Crippen LogP contribution in [-0.2, 0) is 0 Å². The molecule has 1 atom stereocenters. The summed E-state index contributed by atoms with van der Waals surface area (Å²) in [7, 11) is 4.05. The molecule has 2 amide bonds. The maximum Gasteiger partial charge on any atom is 0.317 e. The molecule has 0 radical (unpaired) electrons. The van der Waals surface area contributed by atoms with Gasteiger partial charge in [0.15, 0.2) is 0 Å². The van der Waals surface area contributed by atoms with Crippen molar-refractivity contribution in [2.24, 2.45) is 0 Å². The van der Waals surface area contributed by atoms with Crippen molar-refractivity contribution in [3.8, 4) is 5.75 Å². The van der Waals surface area contributed by atoms with Crippen molar-refractivity contribution in [1.29, 1.82) is 0 Å². The molecule has 1 unspecified atom stereocenters. The summed E-state index contributed by atoms with van der Waals surface area (Å²) >= 11 is 0. The number of rotatable bonds is 6. The van der Waals surface area contributed by atoms with E-state index < -0.39 is 0 Å². The predicted octanol–water partition coefficient (Wildman–Crippen LogP) is 1.94. The summed E-state index contributed by atoms with van der Waals surface area (Å²) in [5, 5.41) is 2.92. The van der Waals surface area contributed by atoms with Crippen molar-refractivity contribution < 1.29 is 13.9 Å². The number of hydrogen-bond donors (Lipinski definition) is 1. The number of urea groups is 1. The van der Waals surface area contributed by atoms with E-state index >= 15 is 0 Å². The van der Waals surface area contributed by atoms with Crippen LogP contribution in [0, 0.1) is 5.82 Å². The molecule has 1 aliphatic heterocycles. The molecular formula is C16H24FN3O2. The van der Waals surface area contributed by atoms with Gasteiger partial charge in [-0.2, -0.15) is 0 Å². The number of carbonyl (C=O) groups is 1. The van der Waals surface area contributed by atoms with Crippen LogP contribution in [0.1, 0.15) is 13.3 Å². The number of ether oxygens (including phenoxy) is 1. The molecule has 0 spiro atoms. The van der Waals surface area contributed by atoms with Crippen LogP contribution in [0.25, 0.3) is 0 Å². The Morgan fingerprint density at radius 3 is 2.64 bits per heavy atom. The van der Waals surface area contributed by atoms with Crippen molar-refractivity contribution in [2.75, 3.05) is 33.7 Å². The smallest absolute Gasteiger partial charge is 0.317 e. The Hall–Kier alpha value is -1.82. The molecule has 1 aliphatic rings. The minimum Gasteiger partial charge on any atom is -0.487 e. The molecule has 6 heteroatoms. The minimum atomic E-state index is -0.283. The number of hydrogen-bond acceptors (Lipinski definition) is 3. The molecule has 0 aliphatic carbocycles. The average molecular weight is 309 g/mol. The van der Waals surface area contributed by atoms with E-state index in [9.17, 15) is 9.18 Å². The van der Waals surface area contributed by atoms with Gasteiger partial charge in [0.1, 0.15) is 17.7 Å². The number of carbonyl (C=O) groups excluding carboxylic acids is 1. The average Bonchev–Trinajstić information content (AvgIpc) is 2.43. The lowest BCUT2D eigenvalue weighted by molar-refractivity contribution is 0.0443. The summed E-state index contributed by atoms with van der Waals surface area (Å²) in [5.41, 5.74) is 0. The van der Waals surface area contributed by atoms with Crippen LogP contribution in [0.5, 0.6) is 5.75 Å². The molecule has 0 aromatic heterocycles. The monoisotopic (exact) mass is 309 g/mol. The van der Waals surface area contributed by atoms with E-state index in [2.05, 4.69) is 17.1 Å². The van der Waals surface area contributed by atoms with E-state index in [-0.39, 0.29) is 18.0 Å². The second-order valence-electron chi connectivity index (χ2n) is 5.93. The molecule has 1 aromatic carbocycles. The van der Waals surface area contributed by atoms with Crippen LogP contribution in [0.15, 0.2) is 24.3 Å². The zero-order valence-corrected chi connectivity index (χ0v) is 13.4. The fraction of sp³-hybridized carbons (Fsp3) is 0.562. The van der Waals surface area contributed by atoms with Gasteiger partial charge in [-0.3, -0.25) is 0 Å². The van der Waals surface area contributed by atoms with E-state index in [4.69, 9.17) is 4.74 Å². The third kappa shape index (κ3) is 4.59. The van der Waals surface area contributed by atoms with E-state index in [0.717, 1.165) is 6.42 Å². The summed E-state index contributed by atoms with van der Waals surface area (Å²) in [5.74, 6) is 0.347. The first-order valence-corrected chi connectivity index (χ1v) is 7.57. The van der Waals surface area contributed by atoms with Gasteiger partial charge >= 0.3 is 6.03 Å². The second kappa shape index (κ2) is 7.45. The molecule has 1 N–H and O–H groups in total. The summed E-state index contributed by atoms with van der Waals surface area (Å²) in [4.78, 5) is 15.8. The van der Waals surface area contributed by atoms with Gasteiger partial charge in [0.2, 0.25) is 0 Å². The van der Waals surface area contributed by atoms with Crippen molar-refractivity contribution in [3.63, 3.8) is 0 Å². The summed E-state index contributed by atoms with van der Waals surface area (Å²) in [6.07, 6.45) is 0.902. The van der Waals surface area contributed by atoms with E-state index in [1.165, 1.54) is 12.1 Å². The molecule has 0 saturated carbocycles. The molecule has 5 nitrogen and oxygen atoms in total. The van der Waals surface area contributed by atoms with E-state index in [1.54, 1.807) is 17.0 Å². The van der Waals surface area contributed by atoms with E-state index in [1.807, 2.05) is 14.1 Å². The second-order valence-corrected chi connectivity index (χ2v) is 5.93. The fourth-order valence-electron chi connectivity index (χ4n) is 2.14. The number of benzene rings is 1. The van der Waals surface area contributed by atoms with Gasteiger partial charge in [-0.25, -0.2) is 9.18 Å². The first kappa shape index (κ1) is 16.5. The third-order valence-electron chi connectivity index (χ3n) is 3.97. The van der Waals surface area contributed by atoms with E-state index in [0.29, 0.717) is 31.4 Å². The van der Waals surface area contributed by atoms with Gasteiger partial charge in [0.05, 0.1) is 13.1 Å². The van der Waals surface area contributed by atoms with Gasteiger partial charge in [0, 0.05) is 12.6 Å². The van der Waals surface area contributed by atoms with Crippen LogP contribution in [-0.4, -0.2) is 61.7 Å². The molecule has 1 fully saturated rings. The SMILES string of the molecule is CC(CCNC(=O)N1CC(Oc2ccc(F)cc2)C1)N(C)C. The molecule has 2 rings (SSSR count). The normalized spacial score (nSPS) is 16.3. The maximum atomic E-state index is 12.8. The maximum absolute atomic E-state index is 12.8. The number of likely N-dealkylation sites (tertiary alicyclic amines) is 1. The Labute approximate surface area is 131 Å². The van der Waals surface area contributed by atoms with Crippen LogP contribution < -0.4 is 10.1 Å². The highest BCUT2D eigenvalue weighted by Crippen LogP contribution is 2.18. The molecule has 1 saturated heterocycles. The highest BCUT2D eigenvalue weighted by molar-refractivity contribution is 5.75. The Bertz CT molecular complexity index is 487. The lowest BCUT2D eigenvalue weighted by atomic mass is 10.2. The lowest BCUT2D eigenvalue weighted by Gasteiger charge is -2.38. The van der Waals surface area contributed by atoms with Crippen molar-refractivity contribution in [2.45, 2.75) is 25.5 Å². The van der Waals surface area contributed by atoms with Gasteiger partial charge in [0.25, 0.3) is 0 Å². The quantitative estimate of drug-likeness (QED) is 0.873. The summed E-state index contributed by atoms with van der Waals surface area (Å²) in [6.45, 7) is 3.92. The van der Waals surface area contributed by atoms with Gasteiger partial charge < -0.3 is 19.9 Å². The van der Waals surface area contributed by atoms with Crippen LogP contribution in [0.4, 0.5) is 9.18 Å². The van der Waals surface area contributed by atoms with Crippen LogP contribution in [0.3, 0.4) is 0 Å². The third-order valence-corrected chi connectivity index (χ3v) is 3.97. The predicted molar refractivity (Wildman–Crippen MR) is 83.6 cm³/mol. The van der Waals surface area contributed by atoms with Crippen molar-refractivity contribution >= 4 is 6.03 Å². The highest BCUT2D eigenvalue weighted by Gasteiger charge is 2.32. The Morgan fingerprint density at radius 2 is 2.05 bits per heavy atom. The number of halogens is 1. The molecule has 0 bridgehead atoms. The Morgan fingerprint density at radius 1 is 1.41 bits per heavy atom. The van der Waals surface area contributed by atoms with Crippen LogP contribution >= 0.6 is 0 Å². The van der Waals surface area contributed by atoms with Crippen LogP contribution in [0.2, 0.25) is 0 Å². The number of nitrogens with one attached hydrogen (secondary N) is 1. The summed E-state index contributed by atoms with van der Waals surface area (Å²) in [6, 6.07) is 6.31. The largest absolute Gasteiger partial charge is 0.487 e. The first-order valence-electron chi connectivity index (χ1n) is 7.57. The Kier molecular flexibility index (Phi) is 5.60. The Balaban J connectivity index is 1.63. The van der Waals surface area contributed by atoms with Crippen molar-refractivity contribution in [3.05, 3.63) is 30.1 Å². The first-order chi connectivity index (χ1) is 10.5. The van der Waals surface area contributed by atoms with Gasteiger partial charge in [-0.1, -0.05) is 0 Å². The number of amides is 2. The molecular weight excluding hydrogens is 285 g/mol. The molecule has 122 valence electrons. The summed E-state index contributed by atoms with van der Waals surface area (Å²) < 4.78 is 18.5. The zero-order valence-electron chi connectivity index (χ0n) is 13.4. The topological polar surface area (TPSA) is 44.8 Å². The lowest BCUT2D eigenvalue weighted by Crippen LogP contribution is -2.59. The van der Waals surface area contributed by atoms with Crippen molar-refractivity contribution in [1.82, 2.24) is 15.1 Å². The molecule has 1 heterocycles. The number of nitrogens with zero attached hydrogens (tertiary/aromatic N) is 2. The van der Waals surface area contributed by atoms with Gasteiger partial charge in [-0.05, 0) is 51.7 Å². The zero-order chi connectivity index (χ0) is 16.1. The minimum absolute atomic E-state index is 0.0168. The van der Waals surface area contributed by atoms with Gasteiger partial charge in [-0.15, -0.1) is 0 Å².